The van der Waals surface area contributed by atoms with Crippen molar-refractivity contribution in [2.24, 2.45) is 5.84 Å². The van der Waals surface area contributed by atoms with Crippen LogP contribution in [0.25, 0.3) is 0 Å². The minimum Gasteiger partial charge on any atom is -0.268 e. The van der Waals surface area contributed by atoms with Gasteiger partial charge < -0.3 is 0 Å². The van der Waals surface area contributed by atoms with Crippen LogP contribution in [0.1, 0.15) is 0 Å². The van der Waals surface area contributed by atoms with E-state index in [4.69, 9.17) is 5.84 Å². The van der Waals surface area contributed by atoms with Gasteiger partial charge in [0.25, 0.3) is 0 Å². The van der Waals surface area contributed by atoms with Crippen molar-refractivity contribution in [1.29, 1.82) is 0 Å². The highest BCUT2D eigenvalue weighted by atomic mass is 79.9. The third kappa shape index (κ3) is 2.54. The van der Waals surface area contributed by atoms with Gasteiger partial charge in [-0.15, -0.1) is 28.7 Å². The van der Waals surface area contributed by atoms with Gasteiger partial charge in [-0.05, 0) is 0 Å². The summed E-state index contributed by atoms with van der Waals surface area (Å²) in [5.74, 6) is 7.57. The first-order chi connectivity index (χ1) is 2.89. The monoisotopic (exact) mass is 184 g/mol. The number of hydrogen-bond acceptors (Lipinski definition) is 3. The number of hydrazine groups is 1. The molecule has 1 heterocycles. The van der Waals surface area contributed by atoms with Crippen molar-refractivity contribution in [3.05, 3.63) is 0 Å². The predicted octanol–water partition coefficient (Wildman–Crippen LogP) is 0.444. The van der Waals surface area contributed by atoms with Crippen LogP contribution in [-0.4, -0.2) is 23.2 Å². The Bertz CT molecular complexity index is 46.2. The molecule has 0 unspecified atom stereocenters. The molecule has 0 spiro atoms. The van der Waals surface area contributed by atoms with Crippen LogP contribution in [-0.2, 0) is 0 Å². The Kier molecular flexibility index (Phi) is 4.11. The summed E-state index contributed by atoms with van der Waals surface area (Å²) in [6, 6.07) is 0. The fourth-order valence-corrected chi connectivity index (χ4v) is 1.28. The minimum atomic E-state index is 0. The normalized spacial score (nSPS) is 21.9. The summed E-state index contributed by atoms with van der Waals surface area (Å²) in [6.07, 6.45) is 0. The zero-order chi connectivity index (χ0) is 4.41. The molecule has 0 aliphatic carbocycles. The average Bonchev–Trinajstić information content (AvgIpc) is 1.86. The molecule has 1 aliphatic rings. The lowest BCUT2D eigenvalue weighted by molar-refractivity contribution is 0.374. The zero-order valence-corrected chi connectivity index (χ0v) is 6.49. The molecule has 0 aromatic rings. The smallest absolute Gasteiger partial charge is 0.0585 e. The van der Waals surface area contributed by atoms with Crippen LogP contribution in [0.4, 0.5) is 0 Å². The molecular weight excluding hydrogens is 176 g/mol. The van der Waals surface area contributed by atoms with E-state index in [-0.39, 0.29) is 17.0 Å². The molecule has 1 rings (SSSR count). The van der Waals surface area contributed by atoms with Crippen LogP contribution in [0.5, 0.6) is 0 Å². The van der Waals surface area contributed by atoms with Crippen molar-refractivity contribution < 1.29 is 0 Å². The molecule has 2 N–H and O–H groups in total. The van der Waals surface area contributed by atoms with E-state index in [0.717, 1.165) is 12.4 Å². The maximum absolute atomic E-state index is 5.35. The first kappa shape index (κ1) is 7.75. The molecule has 1 fully saturated rings. The molecule has 4 heteroatoms. The van der Waals surface area contributed by atoms with E-state index in [1.54, 1.807) is 0 Å². The van der Waals surface area contributed by atoms with Crippen molar-refractivity contribution in [1.82, 2.24) is 5.01 Å². The first-order valence-electron chi connectivity index (χ1n) is 1.97. The molecule has 0 bridgehead atoms. The Balaban J connectivity index is 0.000000360. The number of thioether (sulfide) groups is 1. The van der Waals surface area contributed by atoms with Gasteiger partial charge in [0.1, 0.15) is 0 Å². The Morgan fingerprint density at radius 2 is 2.29 bits per heavy atom. The molecule has 0 aromatic carbocycles. The second-order valence-electron chi connectivity index (χ2n) is 1.35. The maximum atomic E-state index is 5.35. The Morgan fingerprint density at radius 3 is 2.43 bits per heavy atom. The summed E-state index contributed by atoms with van der Waals surface area (Å²) < 4.78 is 0. The summed E-state index contributed by atoms with van der Waals surface area (Å²) in [5.41, 5.74) is 0. The highest BCUT2D eigenvalue weighted by Crippen LogP contribution is 2.07. The van der Waals surface area contributed by atoms with E-state index in [1.807, 2.05) is 16.8 Å². The van der Waals surface area contributed by atoms with Gasteiger partial charge in [-0.2, -0.15) is 0 Å². The van der Waals surface area contributed by atoms with Crippen molar-refractivity contribution >= 4 is 28.7 Å². The lowest BCUT2D eigenvalue weighted by Crippen LogP contribution is -2.26. The summed E-state index contributed by atoms with van der Waals surface area (Å²) in [5, 5.41) is 1.82. The molecule has 0 radical (unpaired) electrons. The quantitative estimate of drug-likeness (QED) is 0.555. The minimum absolute atomic E-state index is 0. The van der Waals surface area contributed by atoms with E-state index in [2.05, 4.69) is 0 Å². The molecule has 2 nitrogen and oxygen atoms in total. The van der Waals surface area contributed by atoms with Gasteiger partial charge in [0.05, 0.1) is 5.88 Å². The summed E-state index contributed by atoms with van der Waals surface area (Å²) >= 11 is 1.88. The van der Waals surface area contributed by atoms with Gasteiger partial charge in [-0.3, -0.25) is 5.84 Å². The van der Waals surface area contributed by atoms with E-state index in [9.17, 15) is 0 Å². The summed E-state index contributed by atoms with van der Waals surface area (Å²) in [6.45, 7) is 1.06. The van der Waals surface area contributed by atoms with Gasteiger partial charge in [-0.25, -0.2) is 5.01 Å². The number of nitrogens with zero attached hydrogens (tertiary/aromatic N) is 1. The van der Waals surface area contributed by atoms with Crippen LogP contribution in [0.15, 0.2) is 0 Å². The molecule has 1 saturated heterocycles. The van der Waals surface area contributed by atoms with E-state index in [1.165, 1.54) is 5.75 Å². The standard InChI is InChI=1S/C3H8N2S.BrH/c4-5-1-2-6-3-5;/h1-4H2;1H. The molecule has 0 amide bonds. The van der Waals surface area contributed by atoms with Crippen molar-refractivity contribution in [3.63, 3.8) is 0 Å². The third-order valence-corrected chi connectivity index (χ3v) is 1.77. The fraction of sp³-hybridized carbons (Fsp3) is 1.00. The van der Waals surface area contributed by atoms with Gasteiger partial charge in [0.15, 0.2) is 0 Å². The van der Waals surface area contributed by atoms with Crippen molar-refractivity contribution in [3.8, 4) is 0 Å². The maximum Gasteiger partial charge on any atom is 0.0585 e. The van der Waals surface area contributed by atoms with E-state index in [0.29, 0.717) is 0 Å². The number of nitrogens with two attached hydrogens (primary N) is 1. The van der Waals surface area contributed by atoms with E-state index < -0.39 is 0 Å². The molecule has 44 valence electrons. The van der Waals surface area contributed by atoms with Crippen LogP contribution < -0.4 is 5.84 Å². The molecular formula is C3H9BrN2S. The van der Waals surface area contributed by atoms with Crippen molar-refractivity contribution in [2.45, 2.75) is 0 Å². The zero-order valence-electron chi connectivity index (χ0n) is 3.96. The van der Waals surface area contributed by atoms with Gasteiger partial charge in [0.2, 0.25) is 0 Å². The molecule has 0 aromatic heterocycles. The van der Waals surface area contributed by atoms with Gasteiger partial charge in [0, 0.05) is 12.3 Å². The van der Waals surface area contributed by atoms with Crippen molar-refractivity contribution in [2.75, 3.05) is 18.2 Å². The van der Waals surface area contributed by atoms with Gasteiger partial charge >= 0.3 is 0 Å². The fourth-order valence-electron chi connectivity index (χ4n) is 0.428. The highest BCUT2D eigenvalue weighted by Gasteiger charge is 2.04. The van der Waals surface area contributed by atoms with Crippen LogP contribution in [0.3, 0.4) is 0 Å². The first-order valence-corrected chi connectivity index (χ1v) is 3.12. The largest absolute Gasteiger partial charge is 0.268 e. The number of rotatable bonds is 0. The lowest BCUT2D eigenvalue weighted by Gasteiger charge is -1.99. The van der Waals surface area contributed by atoms with Crippen LogP contribution >= 0.6 is 28.7 Å². The Morgan fingerprint density at radius 1 is 1.57 bits per heavy atom. The lowest BCUT2D eigenvalue weighted by atomic mass is 10.7. The topological polar surface area (TPSA) is 29.3 Å². The SMILES string of the molecule is Br.NN1CCSC1. The average molecular weight is 185 g/mol. The van der Waals surface area contributed by atoms with Crippen LogP contribution in [0.2, 0.25) is 0 Å². The third-order valence-electron chi connectivity index (χ3n) is 0.780. The number of hydrogen-bond donors (Lipinski definition) is 1. The molecule has 0 atom stereocenters. The molecule has 0 saturated carbocycles. The van der Waals surface area contributed by atoms with E-state index >= 15 is 0 Å². The highest BCUT2D eigenvalue weighted by molar-refractivity contribution is 8.93. The number of halogens is 1. The second-order valence-corrected chi connectivity index (χ2v) is 2.42. The Hall–Kier alpha value is 0.750. The molecule has 1 aliphatic heterocycles. The second kappa shape index (κ2) is 3.72. The van der Waals surface area contributed by atoms with Gasteiger partial charge in [-0.1, -0.05) is 0 Å². The van der Waals surface area contributed by atoms with Crippen LogP contribution in [0, 0.1) is 0 Å². The summed E-state index contributed by atoms with van der Waals surface area (Å²) in [7, 11) is 0. The predicted molar refractivity (Wildman–Crippen MR) is 38.5 cm³/mol. The Labute approximate surface area is 58.2 Å². The molecule has 7 heavy (non-hydrogen) atoms. The summed E-state index contributed by atoms with van der Waals surface area (Å²) in [4.78, 5) is 0.